The molecular weight excluding hydrogens is 364 g/mol. The quantitative estimate of drug-likeness (QED) is 0.822. The number of rotatable bonds is 4. The summed E-state index contributed by atoms with van der Waals surface area (Å²) < 4.78 is 30.5. The number of carbonyl (C=O) groups excluding carboxylic acids is 1. The second kappa shape index (κ2) is 6.80. The number of nitriles is 1. The Labute approximate surface area is 161 Å². The Hall–Kier alpha value is -2.56. The molecule has 1 aromatic carbocycles. The van der Waals surface area contributed by atoms with Gasteiger partial charge < -0.3 is 9.67 Å². The van der Waals surface area contributed by atoms with Gasteiger partial charge in [0, 0.05) is 23.5 Å². The molecule has 4 rings (SSSR count). The van der Waals surface area contributed by atoms with Crippen LogP contribution in [0.3, 0.4) is 0 Å². The molecule has 0 radical (unpaired) electrons. The predicted octanol–water partition coefficient (Wildman–Crippen LogP) is 3.02. The van der Waals surface area contributed by atoms with Gasteiger partial charge in [-0.3, -0.25) is 9.69 Å². The van der Waals surface area contributed by atoms with Gasteiger partial charge in [-0.15, -0.1) is 0 Å². The number of hydrogen-bond acceptors (Lipinski definition) is 4. The van der Waals surface area contributed by atoms with Gasteiger partial charge in [-0.1, -0.05) is 0 Å². The van der Waals surface area contributed by atoms with Crippen LogP contribution in [-0.2, 0) is 0 Å². The maximum absolute atomic E-state index is 15.0. The summed E-state index contributed by atoms with van der Waals surface area (Å²) in [6.07, 6.45) is 2.03. The zero-order chi connectivity index (χ0) is 20.2. The number of benzene rings is 1. The van der Waals surface area contributed by atoms with Crippen LogP contribution < -0.4 is 0 Å². The van der Waals surface area contributed by atoms with Gasteiger partial charge in [-0.2, -0.15) is 5.26 Å². The highest BCUT2D eigenvalue weighted by Crippen LogP contribution is 2.38. The molecule has 7 heteroatoms. The molecule has 0 amide bonds. The second-order valence-corrected chi connectivity index (χ2v) is 7.67. The molecule has 2 bridgehead atoms. The van der Waals surface area contributed by atoms with E-state index < -0.39 is 17.7 Å². The van der Waals surface area contributed by atoms with Gasteiger partial charge in [0.1, 0.15) is 11.9 Å². The van der Waals surface area contributed by atoms with Gasteiger partial charge in [0.2, 0.25) is 0 Å². The van der Waals surface area contributed by atoms with E-state index in [4.69, 9.17) is 5.26 Å². The Morgan fingerprint density at radius 3 is 2.61 bits per heavy atom. The number of ketones is 1. The molecule has 2 aromatic rings. The molecular formula is C21H21F2N3O2. The van der Waals surface area contributed by atoms with Gasteiger partial charge in [-0.25, -0.2) is 8.78 Å². The van der Waals surface area contributed by atoms with E-state index in [1.54, 1.807) is 19.9 Å². The largest absolute Gasteiger partial charge is 0.391 e. The molecule has 28 heavy (non-hydrogen) atoms. The molecule has 2 saturated heterocycles. The van der Waals surface area contributed by atoms with Crippen molar-refractivity contribution < 1.29 is 18.7 Å². The number of carbonyl (C=O) groups is 1. The van der Waals surface area contributed by atoms with E-state index in [9.17, 15) is 18.7 Å². The first-order valence-corrected chi connectivity index (χ1v) is 9.38. The van der Waals surface area contributed by atoms with Crippen molar-refractivity contribution in [1.29, 1.82) is 5.26 Å². The number of fused-ring (bicyclic) bond motifs is 2. The van der Waals surface area contributed by atoms with Gasteiger partial charge in [0.05, 0.1) is 29.5 Å². The minimum atomic E-state index is -0.691. The Balaban J connectivity index is 1.68. The fraction of sp³-hybridized carbons (Fsp3) is 0.429. The lowest BCUT2D eigenvalue weighted by Gasteiger charge is -2.21. The summed E-state index contributed by atoms with van der Waals surface area (Å²) in [5.74, 6) is -1.64. The highest BCUT2D eigenvalue weighted by atomic mass is 19.1. The lowest BCUT2D eigenvalue weighted by molar-refractivity contribution is 0.0870. The van der Waals surface area contributed by atoms with Crippen molar-refractivity contribution >= 4 is 5.78 Å². The first-order valence-electron chi connectivity index (χ1n) is 9.38. The molecule has 3 heterocycles. The number of aliphatic hydroxyl groups excluding tert-OH is 1. The van der Waals surface area contributed by atoms with E-state index in [2.05, 4.69) is 0 Å². The molecule has 2 fully saturated rings. The summed E-state index contributed by atoms with van der Waals surface area (Å²) in [5.41, 5.74) is 0.890. The van der Waals surface area contributed by atoms with Crippen LogP contribution in [0.25, 0.3) is 5.69 Å². The van der Waals surface area contributed by atoms with Crippen LogP contribution >= 0.6 is 0 Å². The molecule has 5 nitrogen and oxygen atoms in total. The van der Waals surface area contributed by atoms with Crippen molar-refractivity contribution in [3.63, 3.8) is 0 Å². The predicted molar refractivity (Wildman–Crippen MR) is 98.3 cm³/mol. The standard InChI is InChI=1S/C21H21F2N3O2/c1-11-20(19(28)10-25-14-5-6-17(25)18(27)8-14)21(23)12(2)26(11)15-4-3-13(9-24)16(22)7-15/h3-4,7,14,17-18,27H,5-6,8,10H2,1-2H3/t14?,17?,18-/m0/s1. The van der Waals surface area contributed by atoms with Crippen molar-refractivity contribution in [2.24, 2.45) is 0 Å². The molecule has 2 aliphatic heterocycles. The Morgan fingerprint density at radius 1 is 1.29 bits per heavy atom. The van der Waals surface area contributed by atoms with Crippen LogP contribution in [0.15, 0.2) is 18.2 Å². The highest BCUT2D eigenvalue weighted by Gasteiger charge is 2.46. The fourth-order valence-electron chi connectivity index (χ4n) is 4.81. The van der Waals surface area contributed by atoms with Crippen molar-refractivity contribution in [3.8, 4) is 11.8 Å². The molecule has 3 atom stereocenters. The number of Topliss-reactive ketones (excluding diaryl/α,β-unsaturated/α-hetero) is 1. The van der Waals surface area contributed by atoms with Crippen molar-refractivity contribution in [3.05, 3.63) is 52.3 Å². The normalized spacial score (nSPS) is 23.9. The monoisotopic (exact) mass is 385 g/mol. The first-order chi connectivity index (χ1) is 13.3. The molecule has 0 saturated carbocycles. The van der Waals surface area contributed by atoms with Crippen LogP contribution in [-0.4, -0.2) is 45.1 Å². The summed E-state index contributed by atoms with van der Waals surface area (Å²) >= 11 is 0. The summed E-state index contributed by atoms with van der Waals surface area (Å²) in [7, 11) is 0. The number of hydrogen-bond donors (Lipinski definition) is 1. The molecule has 0 spiro atoms. The third kappa shape index (κ3) is 2.76. The van der Waals surface area contributed by atoms with E-state index >= 15 is 0 Å². The highest BCUT2D eigenvalue weighted by molar-refractivity contribution is 5.99. The first kappa shape index (κ1) is 18.8. The van der Waals surface area contributed by atoms with Crippen LogP contribution in [0.4, 0.5) is 8.78 Å². The molecule has 0 aliphatic carbocycles. The third-order valence-electron chi connectivity index (χ3n) is 6.15. The topological polar surface area (TPSA) is 69.3 Å². The van der Waals surface area contributed by atoms with Crippen molar-refractivity contribution in [1.82, 2.24) is 9.47 Å². The lowest BCUT2D eigenvalue weighted by Crippen LogP contribution is -2.36. The zero-order valence-corrected chi connectivity index (χ0v) is 15.7. The second-order valence-electron chi connectivity index (χ2n) is 7.67. The SMILES string of the molecule is Cc1c(F)c(C(=O)CN2C3CCC2[C@@H](O)C3)c(C)n1-c1ccc(C#N)c(F)c1. The molecule has 2 unspecified atom stereocenters. The van der Waals surface area contributed by atoms with E-state index in [0.717, 1.165) is 12.8 Å². The average Bonchev–Trinajstić information content (AvgIpc) is 3.24. The van der Waals surface area contributed by atoms with Crippen molar-refractivity contribution in [2.75, 3.05) is 6.54 Å². The van der Waals surface area contributed by atoms with Crippen LogP contribution in [0.2, 0.25) is 0 Å². The molecule has 2 aliphatic rings. The Morgan fingerprint density at radius 2 is 2.04 bits per heavy atom. The molecule has 1 aromatic heterocycles. The maximum Gasteiger partial charge on any atom is 0.181 e. The maximum atomic E-state index is 15.0. The minimum absolute atomic E-state index is 0.00283. The van der Waals surface area contributed by atoms with Gasteiger partial charge in [0.15, 0.2) is 11.6 Å². The Bertz CT molecular complexity index is 1010. The molecule has 146 valence electrons. The average molecular weight is 385 g/mol. The third-order valence-corrected chi connectivity index (χ3v) is 6.15. The Kier molecular flexibility index (Phi) is 4.56. The zero-order valence-electron chi connectivity index (χ0n) is 15.7. The molecule has 1 N–H and O–H groups in total. The number of nitrogens with zero attached hydrogens (tertiary/aromatic N) is 3. The number of aromatic nitrogens is 1. The van der Waals surface area contributed by atoms with Crippen LogP contribution in [0.5, 0.6) is 0 Å². The summed E-state index contributed by atoms with van der Waals surface area (Å²) in [6.45, 7) is 3.24. The lowest BCUT2D eigenvalue weighted by atomic mass is 9.98. The van der Waals surface area contributed by atoms with E-state index in [-0.39, 0.29) is 41.2 Å². The van der Waals surface area contributed by atoms with Crippen LogP contribution in [0, 0.1) is 36.8 Å². The smallest absolute Gasteiger partial charge is 0.181 e. The fourth-order valence-corrected chi connectivity index (χ4v) is 4.81. The van der Waals surface area contributed by atoms with Gasteiger partial charge in [-0.05, 0) is 51.3 Å². The van der Waals surface area contributed by atoms with Gasteiger partial charge in [0.25, 0.3) is 0 Å². The minimum Gasteiger partial charge on any atom is -0.391 e. The summed E-state index contributed by atoms with van der Waals surface area (Å²) in [4.78, 5) is 14.9. The van der Waals surface area contributed by atoms with E-state index in [1.165, 1.54) is 22.8 Å². The van der Waals surface area contributed by atoms with Gasteiger partial charge >= 0.3 is 0 Å². The van der Waals surface area contributed by atoms with Crippen molar-refractivity contribution in [2.45, 2.75) is 51.3 Å². The van der Waals surface area contributed by atoms with E-state index in [1.807, 2.05) is 4.90 Å². The number of halogens is 2. The number of aliphatic hydroxyl groups is 1. The summed E-state index contributed by atoms with van der Waals surface area (Å²) in [6, 6.07) is 5.94. The van der Waals surface area contributed by atoms with E-state index in [0.29, 0.717) is 17.8 Å². The summed E-state index contributed by atoms with van der Waals surface area (Å²) in [5, 5.41) is 18.9. The van der Waals surface area contributed by atoms with Crippen LogP contribution in [0.1, 0.15) is 46.6 Å².